The Hall–Kier alpha value is -3.81. The van der Waals surface area contributed by atoms with Crippen molar-refractivity contribution in [1.29, 1.82) is 0 Å². The van der Waals surface area contributed by atoms with Gasteiger partial charge in [0.25, 0.3) is 0 Å². The Kier molecular flexibility index (Phi) is 7.24. The molecule has 0 spiro atoms. The molecule has 0 atom stereocenters. The molecule has 0 fully saturated rings. The van der Waals surface area contributed by atoms with Crippen molar-refractivity contribution in [2.75, 3.05) is 18.0 Å². The quantitative estimate of drug-likeness (QED) is 0.330. The second kappa shape index (κ2) is 10.7. The van der Waals surface area contributed by atoms with Gasteiger partial charge in [0, 0.05) is 29.7 Å². The largest absolute Gasteiger partial charge is 0.481 e. The van der Waals surface area contributed by atoms with Crippen LogP contribution < -0.4 is 4.90 Å². The van der Waals surface area contributed by atoms with Crippen LogP contribution in [-0.4, -0.2) is 49.5 Å². The molecule has 33 heavy (non-hydrogen) atoms. The number of aryl methyl sites for hydroxylation is 2. The maximum Gasteiger partial charge on any atom is 0.305 e. The molecule has 0 radical (unpaired) electrons. The second-order valence-electron chi connectivity index (χ2n) is 8.15. The van der Waals surface area contributed by atoms with Crippen LogP contribution in [0.25, 0.3) is 22.3 Å². The minimum Gasteiger partial charge on any atom is -0.481 e. The van der Waals surface area contributed by atoms with Crippen molar-refractivity contribution in [1.82, 2.24) is 25.4 Å². The highest BCUT2D eigenvalue weighted by atomic mass is 16.4. The SMILES string of the molecule is Cc1[nH]nc2ccc(-c3nncc(N(CCCCCc4ccccc4)CCC(=O)O)n3)cc12. The van der Waals surface area contributed by atoms with Crippen LogP contribution >= 0.6 is 0 Å². The summed E-state index contributed by atoms with van der Waals surface area (Å²) >= 11 is 0. The fourth-order valence-corrected chi connectivity index (χ4v) is 3.87. The molecular formula is C25H28N6O2. The number of carboxylic acid groups (broad SMARTS) is 1. The van der Waals surface area contributed by atoms with Crippen LogP contribution in [0.15, 0.2) is 54.7 Å². The highest BCUT2D eigenvalue weighted by molar-refractivity contribution is 5.85. The van der Waals surface area contributed by atoms with Crippen LogP contribution in [0.3, 0.4) is 0 Å². The predicted octanol–water partition coefficient (Wildman–Crippen LogP) is 4.42. The smallest absolute Gasteiger partial charge is 0.305 e. The average Bonchev–Trinajstić information content (AvgIpc) is 3.21. The Balaban J connectivity index is 1.44. The molecular weight excluding hydrogens is 416 g/mol. The number of hydrogen-bond donors (Lipinski definition) is 2. The number of benzene rings is 2. The molecule has 4 aromatic rings. The third-order valence-corrected chi connectivity index (χ3v) is 5.70. The Labute approximate surface area is 192 Å². The molecule has 0 saturated carbocycles. The van der Waals surface area contributed by atoms with Gasteiger partial charge >= 0.3 is 5.97 Å². The number of aromatic nitrogens is 5. The molecule has 0 aliphatic carbocycles. The van der Waals surface area contributed by atoms with Gasteiger partial charge in [-0.1, -0.05) is 36.8 Å². The molecule has 2 aromatic heterocycles. The fourth-order valence-electron chi connectivity index (χ4n) is 3.87. The first-order chi connectivity index (χ1) is 16.1. The van der Waals surface area contributed by atoms with Gasteiger partial charge in [-0.05, 0) is 49.9 Å². The first kappa shape index (κ1) is 22.4. The molecule has 0 aliphatic heterocycles. The number of anilines is 1. The van der Waals surface area contributed by atoms with E-state index in [1.54, 1.807) is 6.20 Å². The number of hydrogen-bond acceptors (Lipinski definition) is 6. The normalized spacial score (nSPS) is 11.1. The van der Waals surface area contributed by atoms with Crippen LogP contribution in [0.4, 0.5) is 5.82 Å². The average molecular weight is 445 g/mol. The summed E-state index contributed by atoms with van der Waals surface area (Å²) in [6, 6.07) is 16.3. The van der Waals surface area contributed by atoms with Crippen LogP contribution in [0.5, 0.6) is 0 Å². The van der Waals surface area contributed by atoms with E-state index >= 15 is 0 Å². The summed E-state index contributed by atoms with van der Waals surface area (Å²) in [7, 11) is 0. The van der Waals surface area contributed by atoms with Crippen molar-refractivity contribution in [3.05, 3.63) is 66.0 Å². The molecule has 4 rings (SSSR count). The fraction of sp³-hybridized carbons (Fsp3) is 0.320. The first-order valence-corrected chi connectivity index (χ1v) is 11.3. The van der Waals surface area contributed by atoms with Gasteiger partial charge in [-0.3, -0.25) is 9.89 Å². The maximum absolute atomic E-state index is 11.2. The van der Waals surface area contributed by atoms with Crippen LogP contribution in [0, 0.1) is 6.92 Å². The summed E-state index contributed by atoms with van der Waals surface area (Å²) in [4.78, 5) is 17.9. The van der Waals surface area contributed by atoms with E-state index < -0.39 is 5.97 Å². The number of fused-ring (bicyclic) bond motifs is 1. The summed E-state index contributed by atoms with van der Waals surface area (Å²) in [5.74, 6) is 0.333. The lowest BCUT2D eigenvalue weighted by molar-refractivity contribution is -0.136. The zero-order chi connectivity index (χ0) is 23.0. The molecule has 0 aliphatic rings. The number of aromatic amines is 1. The lowest BCUT2D eigenvalue weighted by Gasteiger charge is -2.23. The standard InChI is InChI=1S/C25H28N6O2/c1-18-21-16-20(11-12-22(21)29-28-18)25-27-23(17-26-30-25)31(15-13-24(32)33)14-7-3-6-10-19-8-4-2-5-9-19/h2,4-5,8-9,11-12,16-17H,3,6-7,10,13-15H2,1H3,(H,28,29)(H,32,33). The number of nitrogens with zero attached hydrogens (tertiary/aromatic N) is 5. The van der Waals surface area contributed by atoms with Crippen molar-refractivity contribution in [2.24, 2.45) is 0 Å². The number of nitrogens with one attached hydrogen (secondary N) is 1. The van der Waals surface area contributed by atoms with E-state index in [4.69, 9.17) is 4.98 Å². The Morgan fingerprint density at radius 2 is 1.91 bits per heavy atom. The summed E-state index contributed by atoms with van der Waals surface area (Å²) in [5.41, 5.74) is 4.06. The van der Waals surface area contributed by atoms with E-state index in [1.165, 1.54) is 5.56 Å². The third-order valence-electron chi connectivity index (χ3n) is 5.70. The Morgan fingerprint density at radius 1 is 1.06 bits per heavy atom. The summed E-state index contributed by atoms with van der Waals surface area (Å²) in [6.45, 7) is 3.08. The molecule has 8 heteroatoms. The monoisotopic (exact) mass is 444 g/mol. The van der Waals surface area contributed by atoms with Crippen molar-refractivity contribution in [2.45, 2.75) is 39.0 Å². The van der Waals surface area contributed by atoms with Gasteiger partial charge < -0.3 is 10.0 Å². The first-order valence-electron chi connectivity index (χ1n) is 11.3. The summed E-state index contributed by atoms with van der Waals surface area (Å²) in [5, 5.41) is 25.8. The second-order valence-corrected chi connectivity index (χ2v) is 8.15. The van der Waals surface area contributed by atoms with Crippen LogP contribution in [0.2, 0.25) is 0 Å². The van der Waals surface area contributed by atoms with Gasteiger partial charge in [0.05, 0.1) is 18.1 Å². The van der Waals surface area contributed by atoms with Crippen molar-refractivity contribution in [3.8, 4) is 11.4 Å². The molecule has 8 nitrogen and oxygen atoms in total. The lowest BCUT2D eigenvalue weighted by atomic mass is 10.1. The van der Waals surface area contributed by atoms with Gasteiger partial charge in [-0.2, -0.15) is 10.2 Å². The van der Waals surface area contributed by atoms with Crippen LogP contribution in [-0.2, 0) is 11.2 Å². The zero-order valence-corrected chi connectivity index (χ0v) is 18.7. The molecule has 0 bridgehead atoms. The third kappa shape index (κ3) is 5.91. The number of aliphatic carboxylic acids is 1. The zero-order valence-electron chi connectivity index (χ0n) is 18.7. The minimum atomic E-state index is -0.827. The molecule has 0 unspecified atom stereocenters. The molecule has 0 saturated heterocycles. The van der Waals surface area contributed by atoms with E-state index in [2.05, 4.69) is 44.7 Å². The Bertz CT molecular complexity index is 1210. The van der Waals surface area contributed by atoms with Gasteiger partial charge in [-0.25, -0.2) is 4.98 Å². The van der Waals surface area contributed by atoms with E-state index in [0.29, 0.717) is 18.2 Å². The topological polar surface area (TPSA) is 108 Å². The lowest BCUT2D eigenvalue weighted by Crippen LogP contribution is -2.28. The van der Waals surface area contributed by atoms with E-state index in [9.17, 15) is 9.90 Å². The Morgan fingerprint density at radius 3 is 2.73 bits per heavy atom. The minimum absolute atomic E-state index is 0.0452. The van der Waals surface area contributed by atoms with E-state index in [1.807, 2.05) is 36.1 Å². The number of carboxylic acids is 1. The summed E-state index contributed by atoms with van der Waals surface area (Å²) < 4.78 is 0. The van der Waals surface area contributed by atoms with Gasteiger partial charge in [0.1, 0.15) is 0 Å². The number of carbonyl (C=O) groups is 1. The van der Waals surface area contributed by atoms with Gasteiger partial charge in [0.15, 0.2) is 11.6 Å². The van der Waals surface area contributed by atoms with E-state index in [0.717, 1.165) is 54.4 Å². The van der Waals surface area contributed by atoms with Gasteiger partial charge in [0.2, 0.25) is 0 Å². The van der Waals surface area contributed by atoms with Crippen LogP contribution in [0.1, 0.15) is 36.9 Å². The number of unbranched alkanes of at least 4 members (excludes halogenated alkanes) is 2. The molecule has 0 amide bonds. The number of H-pyrrole nitrogens is 1. The number of rotatable bonds is 11. The highest BCUT2D eigenvalue weighted by Crippen LogP contribution is 2.24. The molecule has 2 N–H and O–H groups in total. The van der Waals surface area contributed by atoms with Crippen molar-refractivity contribution >= 4 is 22.7 Å². The molecule has 170 valence electrons. The van der Waals surface area contributed by atoms with Gasteiger partial charge in [-0.15, -0.1) is 5.10 Å². The predicted molar refractivity (Wildman–Crippen MR) is 128 cm³/mol. The van der Waals surface area contributed by atoms with E-state index in [-0.39, 0.29) is 6.42 Å². The van der Waals surface area contributed by atoms with Crippen molar-refractivity contribution < 1.29 is 9.90 Å². The molecule has 2 heterocycles. The highest BCUT2D eigenvalue weighted by Gasteiger charge is 2.14. The summed E-state index contributed by atoms with van der Waals surface area (Å²) in [6.07, 6.45) is 5.80. The maximum atomic E-state index is 11.2. The van der Waals surface area contributed by atoms with Crippen molar-refractivity contribution in [3.63, 3.8) is 0 Å². The molecule has 2 aromatic carbocycles.